The SMILES string of the molecule is O=C(Cc1cccc2ccccc12)N/N=C/c1ccc(F)cc1. The van der Waals surface area contributed by atoms with Crippen LogP contribution < -0.4 is 5.43 Å². The first-order valence-electron chi connectivity index (χ1n) is 7.26. The van der Waals surface area contributed by atoms with E-state index >= 15 is 0 Å². The van der Waals surface area contributed by atoms with E-state index in [0.717, 1.165) is 21.9 Å². The summed E-state index contributed by atoms with van der Waals surface area (Å²) in [6.07, 6.45) is 1.74. The van der Waals surface area contributed by atoms with Crippen molar-refractivity contribution < 1.29 is 9.18 Å². The van der Waals surface area contributed by atoms with Crippen LogP contribution in [0.5, 0.6) is 0 Å². The highest BCUT2D eigenvalue weighted by Crippen LogP contribution is 2.18. The number of carbonyl (C=O) groups excluding carboxylic acids is 1. The number of hydrogen-bond acceptors (Lipinski definition) is 2. The number of hydrogen-bond donors (Lipinski definition) is 1. The Bertz CT molecular complexity index is 851. The Labute approximate surface area is 133 Å². The second kappa shape index (κ2) is 6.83. The first-order valence-corrected chi connectivity index (χ1v) is 7.26. The van der Waals surface area contributed by atoms with Gasteiger partial charge in [-0.2, -0.15) is 5.10 Å². The minimum absolute atomic E-state index is 0.195. The average Bonchev–Trinajstić information content (AvgIpc) is 2.57. The molecule has 1 amide bonds. The summed E-state index contributed by atoms with van der Waals surface area (Å²) in [7, 11) is 0. The van der Waals surface area contributed by atoms with Gasteiger partial charge in [0.25, 0.3) is 0 Å². The van der Waals surface area contributed by atoms with Gasteiger partial charge in [0, 0.05) is 0 Å². The summed E-state index contributed by atoms with van der Waals surface area (Å²) in [6.45, 7) is 0. The molecule has 0 fully saturated rings. The van der Waals surface area contributed by atoms with Crippen molar-refractivity contribution in [3.8, 4) is 0 Å². The quantitative estimate of drug-likeness (QED) is 0.580. The summed E-state index contributed by atoms with van der Waals surface area (Å²) in [5.74, 6) is -0.498. The third-order valence-corrected chi connectivity index (χ3v) is 3.50. The van der Waals surface area contributed by atoms with E-state index in [-0.39, 0.29) is 18.1 Å². The van der Waals surface area contributed by atoms with Gasteiger partial charge in [-0.25, -0.2) is 9.82 Å². The minimum atomic E-state index is -0.304. The number of fused-ring (bicyclic) bond motifs is 1. The molecule has 3 rings (SSSR count). The van der Waals surface area contributed by atoms with E-state index in [2.05, 4.69) is 10.5 Å². The van der Waals surface area contributed by atoms with Gasteiger partial charge in [0.1, 0.15) is 5.82 Å². The molecule has 0 aliphatic rings. The van der Waals surface area contributed by atoms with Crippen molar-refractivity contribution in [1.82, 2.24) is 5.43 Å². The molecule has 23 heavy (non-hydrogen) atoms. The minimum Gasteiger partial charge on any atom is -0.273 e. The van der Waals surface area contributed by atoms with Gasteiger partial charge in [-0.3, -0.25) is 4.79 Å². The molecule has 0 aliphatic carbocycles. The van der Waals surface area contributed by atoms with Crippen LogP contribution in [0.25, 0.3) is 10.8 Å². The molecule has 4 heteroatoms. The molecular weight excluding hydrogens is 291 g/mol. The van der Waals surface area contributed by atoms with Gasteiger partial charge in [-0.15, -0.1) is 0 Å². The number of carbonyl (C=O) groups is 1. The van der Waals surface area contributed by atoms with Crippen molar-refractivity contribution in [2.24, 2.45) is 5.10 Å². The molecule has 0 radical (unpaired) electrons. The summed E-state index contributed by atoms with van der Waals surface area (Å²) in [5, 5.41) is 6.07. The van der Waals surface area contributed by atoms with Crippen molar-refractivity contribution in [3.63, 3.8) is 0 Å². The van der Waals surface area contributed by atoms with E-state index in [1.165, 1.54) is 18.3 Å². The van der Waals surface area contributed by atoms with Gasteiger partial charge < -0.3 is 0 Å². The van der Waals surface area contributed by atoms with Crippen molar-refractivity contribution in [1.29, 1.82) is 0 Å². The molecule has 0 atom stereocenters. The standard InChI is InChI=1S/C19H15FN2O/c20-17-10-8-14(9-11-17)13-21-22-19(23)12-16-6-3-5-15-4-1-2-7-18(15)16/h1-11,13H,12H2,(H,22,23)/b21-13+. The van der Waals surface area contributed by atoms with Gasteiger partial charge in [0.05, 0.1) is 12.6 Å². The molecule has 3 nitrogen and oxygen atoms in total. The Balaban J connectivity index is 1.66. The lowest BCUT2D eigenvalue weighted by Gasteiger charge is -2.05. The van der Waals surface area contributed by atoms with Crippen LogP contribution in [0.15, 0.2) is 71.8 Å². The molecule has 3 aromatic carbocycles. The van der Waals surface area contributed by atoms with Gasteiger partial charge in [0.15, 0.2) is 0 Å². The molecule has 0 saturated heterocycles. The Morgan fingerprint density at radius 3 is 2.57 bits per heavy atom. The molecule has 0 bridgehead atoms. The summed E-state index contributed by atoms with van der Waals surface area (Å²) in [6, 6.07) is 19.7. The maximum Gasteiger partial charge on any atom is 0.244 e. The Kier molecular flexibility index (Phi) is 4.43. The average molecular weight is 306 g/mol. The third kappa shape index (κ3) is 3.80. The Hall–Kier alpha value is -3.01. The molecule has 0 aromatic heterocycles. The zero-order valence-corrected chi connectivity index (χ0v) is 12.4. The van der Waals surface area contributed by atoms with Crippen LogP contribution in [-0.4, -0.2) is 12.1 Å². The number of benzene rings is 3. The monoisotopic (exact) mass is 306 g/mol. The van der Waals surface area contributed by atoms with Crippen LogP contribution in [0.2, 0.25) is 0 Å². The number of nitrogens with one attached hydrogen (secondary N) is 1. The molecule has 114 valence electrons. The zero-order chi connectivity index (χ0) is 16.1. The second-order valence-corrected chi connectivity index (χ2v) is 5.16. The zero-order valence-electron chi connectivity index (χ0n) is 12.4. The summed E-state index contributed by atoms with van der Waals surface area (Å²) >= 11 is 0. The molecule has 0 saturated carbocycles. The highest BCUT2D eigenvalue weighted by atomic mass is 19.1. The summed E-state index contributed by atoms with van der Waals surface area (Å²) in [4.78, 5) is 12.0. The van der Waals surface area contributed by atoms with Crippen molar-refractivity contribution in [2.75, 3.05) is 0 Å². The number of nitrogens with zero attached hydrogens (tertiary/aromatic N) is 1. The maximum atomic E-state index is 12.8. The highest BCUT2D eigenvalue weighted by molar-refractivity contribution is 5.90. The van der Waals surface area contributed by atoms with Crippen LogP contribution in [-0.2, 0) is 11.2 Å². The largest absolute Gasteiger partial charge is 0.273 e. The van der Waals surface area contributed by atoms with Crippen LogP contribution in [0.3, 0.4) is 0 Å². The van der Waals surface area contributed by atoms with Crippen LogP contribution in [0, 0.1) is 5.82 Å². The van der Waals surface area contributed by atoms with Crippen LogP contribution in [0.1, 0.15) is 11.1 Å². The topological polar surface area (TPSA) is 41.5 Å². The molecule has 0 heterocycles. The predicted molar refractivity (Wildman–Crippen MR) is 89.8 cm³/mol. The van der Waals surface area contributed by atoms with E-state index in [1.807, 2.05) is 42.5 Å². The number of halogens is 1. The van der Waals surface area contributed by atoms with Gasteiger partial charge in [0.2, 0.25) is 5.91 Å². The van der Waals surface area contributed by atoms with E-state index in [1.54, 1.807) is 12.1 Å². The van der Waals surface area contributed by atoms with Crippen LogP contribution in [0.4, 0.5) is 4.39 Å². The van der Waals surface area contributed by atoms with Gasteiger partial charge in [-0.1, -0.05) is 54.6 Å². The normalized spacial score (nSPS) is 11.0. The smallest absolute Gasteiger partial charge is 0.244 e. The van der Waals surface area contributed by atoms with E-state index in [0.29, 0.717) is 0 Å². The number of hydrazone groups is 1. The Morgan fingerprint density at radius 1 is 1.00 bits per heavy atom. The van der Waals surface area contributed by atoms with Crippen LogP contribution >= 0.6 is 0 Å². The lowest BCUT2D eigenvalue weighted by molar-refractivity contribution is -0.120. The lowest BCUT2D eigenvalue weighted by atomic mass is 10.0. The molecule has 3 aromatic rings. The Morgan fingerprint density at radius 2 is 1.74 bits per heavy atom. The van der Waals surface area contributed by atoms with Gasteiger partial charge >= 0.3 is 0 Å². The van der Waals surface area contributed by atoms with Crippen molar-refractivity contribution >= 4 is 22.9 Å². The summed E-state index contributed by atoms with van der Waals surface area (Å²) in [5.41, 5.74) is 4.17. The van der Waals surface area contributed by atoms with Gasteiger partial charge in [-0.05, 0) is 34.0 Å². The predicted octanol–water partition coefficient (Wildman–Crippen LogP) is 3.67. The first-order chi connectivity index (χ1) is 11.2. The third-order valence-electron chi connectivity index (χ3n) is 3.50. The molecule has 0 aliphatic heterocycles. The molecular formula is C19H15FN2O. The highest BCUT2D eigenvalue weighted by Gasteiger charge is 2.05. The van der Waals surface area contributed by atoms with Crippen molar-refractivity contribution in [3.05, 3.63) is 83.7 Å². The fourth-order valence-electron chi connectivity index (χ4n) is 2.39. The molecule has 0 unspecified atom stereocenters. The van der Waals surface area contributed by atoms with E-state index < -0.39 is 0 Å². The molecule has 1 N–H and O–H groups in total. The molecule has 0 spiro atoms. The van der Waals surface area contributed by atoms with Crippen molar-refractivity contribution in [2.45, 2.75) is 6.42 Å². The summed E-state index contributed by atoms with van der Waals surface area (Å²) < 4.78 is 12.8. The maximum absolute atomic E-state index is 12.8. The van der Waals surface area contributed by atoms with E-state index in [4.69, 9.17) is 0 Å². The number of rotatable bonds is 4. The number of amides is 1. The second-order valence-electron chi connectivity index (χ2n) is 5.16. The lowest BCUT2D eigenvalue weighted by Crippen LogP contribution is -2.19. The van der Waals surface area contributed by atoms with E-state index in [9.17, 15) is 9.18 Å². The fourth-order valence-corrected chi connectivity index (χ4v) is 2.39. The first kappa shape index (κ1) is 14.9. The fraction of sp³-hybridized carbons (Fsp3) is 0.0526.